The second kappa shape index (κ2) is 8.70. The van der Waals surface area contributed by atoms with Crippen molar-refractivity contribution in [3.05, 3.63) is 35.1 Å². The first kappa shape index (κ1) is 19.8. The lowest BCUT2D eigenvalue weighted by Gasteiger charge is -2.31. The van der Waals surface area contributed by atoms with E-state index in [-0.39, 0.29) is 24.4 Å². The molecule has 1 aromatic heterocycles. The maximum atomic E-state index is 12.8. The number of amides is 1. The Labute approximate surface area is 154 Å². The number of hydrogen-bond donors (Lipinski definition) is 1. The molecule has 0 spiro atoms. The first-order chi connectivity index (χ1) is 11.6. The molecule has 2 heterocycles. The smallest absolute Gasteiger partial charge is 0.289 e. The fourth-order valence-electron chi connectivity index (χ4n) is 3.29. The third kappa shape index (κ3) is 4.17. The number of fused-ring (bicyclic) bond motifs is 1. The maximum Gasteiger partial charge on any atom is 0.289 e. The van der Waals surface area contributed by atoms with Gasteiger partial charge in [0.15, 0.2) is 5.76 Å². The number of rotatable bonds is 5. The highest BCUT2D eigenvalue weighted by Crippen LogP contribution is 2.29. The van der Waals surface area contributed by atoms with Gasteiger partial charge in [-0.05, 0) is 45.2 Å². The normalized spacial score (nSPS) is 15.4. The van der Waals surface area contributed by atoms with Crippen molar-refractivity contribution in [1.29, 1.82) is 0 Å². The molecule has 0 radical (unpaired) electrons. The summed E-state index contributed by atoms with van der Waals surface area (Å²) in [6.45, 7) is 6.74. The first-order valence-corrected chi connectivity index (χ1v) is 8.71. The lowest BCUT2D eigenvalue weighted by molar-refractivity contribution is 0.00767. The standard InChI is InChI=1S/C19H26N2O3.ClH/c1-13-5-3-6-16-14(2)18(24-17(13)16)19(22)21-10-7-15(8-11-21)23-12-4-9-20;/h3,5-6,15H,4,7-12,20H2,1-2H3;1H. The van der Waals surface area contributed by atoms with E-state index in [1.165, 1.54) is 0 Å². The molecular formula is C19H27ClN2O3. The zero-order valence-electron chi connectivity index (χ0n) is 14.9. The van der Waals surface area contributed by atoms with Crippen LogP contribution in [0.3, 0.4) is 0 Å². The van der Waals surface area contributed by atoms with Crippen molar-refractivity contribution in [2.75, 3.05) is 26.2 Å². The summed E-state index contributed by atoms with van der Waals surface area (Å²) < 4.78 is 11.7. The number of hydrogen-bond acceptors (Lipinski definition) is 4. The van der Waals surface area contributed by atoms with E-state index >= 15 is 0 Å². The van der Waals surface area contributed by atoms with E-state index < -0.39 is 0 Å². The lowest BCUT2D eigenvalue weighted by atomic mass is 10.1. The Balaban J connectivity index is 0.00000225. The Hall–Kier alpha value is -1.56. The van der Waals surface area contributed by atoms with Crippen LogP contribution in [0.4, 0.5) is 0 Å². The summed E-state index contributed by atoms with van der Waals surface area (Å²) in [6, 6.07) is 6.01. The molecular weight excluding hydrogens is 340 g/mol. The Morgan fingerprint density at radius 3 is 2.68 bits per heavy atom. The van der Waals surface area contributed by atoms with E-state index in [4.69, 9.17) is 14.9 Å². The van der Waals surface area contributed by atoms with Gasteiger partial charge in [-0.1, -0.05) is 18.2 Å². The second-order valence-corrected chi connectivity index (χ2v) is 6.51. The topological polar surface area (TPSA) is 68.7 Å². The van der Waals surface area contributed by atoms with Gasteiger partial charge in [0.05, 0.1) is 6.10 Å². The molecule has 0 atom stereocenters. The number of furan rings is 1. The summed E-state index contributed by atoms with van der Waals surface area (Å²) in [5.74, 6) is 0.463. The lowest BCUT2D eigenvalue weighted by Crippen LogP contribution is -2.41. The number of nitrogens with two attached hydrogens (primary N) is 1. The average Bonchev–Trinajstić information content (AvgIpc) is 2.94. The van der Waals surface area contributed by atoms with Crippen LogP contribution in [0.5, 0.6) is 0 Å². The molecule has 0 saturated carbocycles. The second-order valence-electron chi connectivity index (χ2n) is 6.51. The van der Waals surface area contributed by atoms with Gasteiger partial charge in [-0.2, -0.15) is 0 Å². The van der Waals surface area contributed by atoms with E-state index in [0.29, 0.717) is 32.0 Å². The van der Waals surface area contributed by atoms with Crippen molar-refractivity contribution in [2.24, 2.45) is 5.73 Å². The highest BCUT2D eigenvalue weighted by atomic mass is 35.5. The molecule has 1 amide bonds. The molecule has 5 nitrogen and oxygen atoms in total. The van der Waals surface area contributed by atoms with Gasteiger partial charge in [0, 0.05) is 30.6 Å². The van der Waals surface area contributed by atoms with Crippen LogP contribution in [0.2, 0.25) is 0 Å². The highest BCUT2D eigenvalue weighted by Gasteiger charge is 2.28. The largest absolute Gasteiger partial charge is 0.450 e. The Morgan fingerprint density at radius 2 is 2.04 bits per heavy atom. The van der Waals surface area contributed by atoms with E-state index in [0.717, 1.165) is 41.4 Å². The van der Waals surface area contributed by atoms with Gasteiger partial charge in [0.25, 0.3) is 5.91 Å². The molecule has 0 unspecified atom stereocenters. The van der Waals surface area contributed by atoms with Crippen molar-refractivity contribution >= 4 is 29.3 Å². The van der Waals surface area contributed by atoms with Crippen LogP contribution in [0.1, 0.15) is 40.9 Å². The molecule has 1 aliphatic rings. The minimum atomic E-state index is -0.0106. The van der Waals surface area contributed by atoms with Gasteiger partial charge in [-0.3, -0.25) is 4.79 Å². The summed E-state index contributed by atoms with van der Waals surface area (Å²) in [5.41, 5.74) is 8.29. The fourth-order valence-corrected chi connectivity index (χ4v) is 3.29. The number of aryl methyl sites for hydroxylation is 2. The molecule has 2 aromatic rings. The van der Waals surface area contributed by atoms with Gasteiger partial charge >= 0.3 is 0 Å². The molecule has 1 aliphatic heterocycles. The fraction of sp³-hybridized carbons (Fsp3) is 0.526. The number of halogens is 1. The van der Waals surface area contributed by atoms with Crippen molar-refractivity contribution in [1.82, 2.24) is 4.90 Å². The van der Waals surface area contributed by atoms with Gasteiger partial charge in [0.2, 0.25) is 0 Å². The van der Waals surface area contributed by atoms with E-state index in [1.807, 2.05) is 36.9 Å². The Bertz CT molecular complexity index is 721. The molecule has 1 aromatic carbocycles. The third-order valence-electron chi connectivity index (χ3n) is 4.79. The van der Waals surface area contributed by atoms with Gasteiger partial charge in [-0.25, -0.2) is 0 Å². The molecule has 6 heteroatoms. The predicted octanol–water partition coefficient (Wildman–Crippen LogP) is 3.44. The molecule has 0 aliphatic carbocycles. The predicted molar refractivity (Wildman–Crippen MR) is 101 cm³/mol. The molecule has 3 rings (SSSR count). The summed E-state index contributed by atoms with van der Waals surface area (Å²) in [4.78, 5) is 14.7. The van der Waals surface area contributed by atoms with E-state index in [2.05, 4.69) is 0 Å². The van der Waals surface area contributed by atoms with Gasteiger partial charge < -0.3 is 19.8 Å². The number of nitrogens with zero attached hydrogens (tertiary/aromatic N) is 1. The zero-order valence-corrected chi connectivity index (χ0v) is 15.7. The number of ether oxygens (including phenoxy) is 1. The Morgan fingerprint density at radius 1 is 1.32 bits per heavy atom. The molecule has 1 fully saturated rings. The third-order valence-corrected chi connectivity index (χ3v) is 4.79. The minimum Gasteiger partial charge on any atom is -0.450 e. The van der Waals surface area contributed by atoms with Crippen molar-refractivity contribution < 1.29 is 13.9 Å². The van der Waals surface area contributed by atoms with Crippen LogP contribution in [0, 0.1) is 13.8 Å². The number of carbonyl (C=O) groups is 1. The SMILES string of the molecule is Cc1c(C(=O)N2CCC(OCCCN)CC2)oc2c(C)cccc12.Cl. The number of likely N-dealkylation sites (tertiary alicyclic amines) is 1. The molecule has 138 valence electrons. The molecule has 25 heavy (non-hydrogen) atoms. The molecule has 1 saturated heterocycles. The Kier molecular flexibility index (Phi) is 6.87. The van der Waals surface area contributed by atoms with Crippen LogP contribution in [0.25, 0.3) is 11.0 Å². The van der Waals surface area contributed by atoms with Crippen LogP contribution in [0.15, 0.2) is 22.6 Å². The summed E-state index contributed by atoms with van der Waals surface area (Å²) in [5, 5.41) is 1.03. The van der Waals surface area contributed by atoms with Crippen molar-refractivity contribution in [3.8, 4) is 0 Å². The molecule has 2 N–H and O–H groups in total. The first-order valence-electron chi connectivity index (χ1n) is 8.71. The van der Waals surface area contributed by atoms with Crippen molar-refractivity contribution in [2.45, 2.75) is 39.2 Å². The quantitative estimate of drug-likeness (QED) is 0.823. The highest BCUT2D eigenvalue weighted by molar-refractivity contribution is 5.99. The average molecular weight is 367 g/mol. The van der Waals surface area contributed by atoms with Gasteiger partial charge in [-0.15, -0.1) is 12.4 Å². The summed E-state index contributed by atoms with van der Waals surface area (Å²) in [7, 11) is 0. The zero-order chi connectivity index (χ0) is 17.1. The van der Waals surface area contributed by atoms with Crippen LogP contribution in [-0.2, 0) is 4.74 Å². The monoisotopic (exact) mass is 366 g/mol. The minimum absolute atomic E-state index is 0. The maximum absolute atomic E-state index is 12.8. The van der Waals surface area contributed by atoms with Crippen LogP contribution in [-0.4, -0.2) is 43.2 Å². The van der Waals surface area contributed by atoms with Crippen LogP contribution < -0.4 is 5.73 Å². The van der Waals surface area contributed by atoms with Crippen LogP contribution >= 0.6 is 12.4 Å². The van der Waals surface area contributed by atoms with E-state index in [9.17, 15) is 4.79 Å². The summed E-state index contributed by atoms with van der Waals surface area (Å²) >= 11 is 0. The number of para-hydroxylation sites is 1. The van der Waals surface area contributed by atoms with Gasteiger partial charge in [0.1, 0.15) is 5.58 Å². The summed E-state index contributed by atoms with van der Waals surface area (Å²) in [6.07, 6.45) is 2.86. The molecule has 0 bridgehead atoms. The number of benzene rings is 1. The van der Waals surface area contributed by atoms with Crippen molar-refractivity contribution in [3.63, 3.8) is 0 Å². The number of piperidine rings is 1. The van der Waals surface area contributed by atoms with E-state index in [1.54, 1.807) is 0 Å². The number of carbonyl (C=O) groups excluding carboxylic acids is 1.